The van der Waals surface area contributed by atoms with Crippen molar-refractivity contribution in [3.05, 3.63) is 33.9 Å². The molecule has 0 bridgehead atoms. The number of carbonyl (C=O) groups is 1. The number of hydrogen-bond acceptors (Lipinski definition) is 5. The lowest BCUT2D eigenvalue weighted by atomic mass is 10.0. The van der Waals surface area contributed by atoms with Gasteiger partial charge in [0.25, 0.3) is 5.91 Å². The summed E-state index contributed by atoms with van der Waals surface area (Å²) in [5.74, 6) is 0.245. The fourth-order valence-electron chi connectivity index (χ4n) is 3.31. The Bertz CT molecular complexity index is 599. The predicted molar refractivity (Wildman–Crippen MR) is 85.6 cm³/mol. The van der Waals surface area contributed by atoms with E-state index in [0.717, 1.165) is 45.5 Å². The van der Waals surface area contributed by atoms with Crippen molar-refractivity contribution < 1.29 is 13.9 Å². The number of carbonyl (C=O) groups excluding carboxylic acids is 1. The third-order valence-corrected chi connectivity index (χ3v) is 4.52. The molecule has 2 saturated heterocycles. The molecule has 1 aromatic heterocycles. The van der Waals surface area contributed by atoms with Gasteiger partial charge in [-0.3, -0.25) is 9.59 Å². The summed E-state index contributed by atoms with van der Waals surface area (Å²) in [5.41, 5.74) is -0.203. The quantitative estimate of drug-likeness (QED) is 0.906. The summed E-state index contributed by atoms with van der Waals surface area (Å²) >= 11 is 0. The molecular formula is C17H24N2O4. The van der Waals surface area contributed by atoms with Crippen LogP contribution in [0.1, 0.15) is 42.0 Å². The topological polar surface area (TPSA) is 71.8 Å². The third kappa shape index (κ3) is 4.42. The van der Waals surface area contributed by atoms with Crippen LogP contribution >= 0.6 is 0 Å². The first-order valence-electron chi connectivity index (χ1n) is 8.37. The van der Waals surface area contributed by atoms with Crippen molar-refractivity contribution in [2.75, 3.05) is 26.2 Å². The van der Waals surface area contributed by atoms with Crippen LogP contribution in [0.4, 0.5) is 0 Å². The van der Waals surface area contributed by atoms with E-state index < -0.39 is 0 Å². The highest BCUT2D eigenvalue weighted by atomic mass is 16.5. The molecule has 0 spiro atoms. The standard InChI is InChI=1S/C17H24N2O4/c1-12-9-14(20)10-16(23-12)17(21)18-13-4-6-19(7-5-13)11-15-3-2-8-22-15/h9-10,13,15H,2-8,11H2,1H3,(H,18,21)/t15-/m0/s1. The van der Waals surface area contributed by atoms with Crippen molar-refractivity contribution in [2.24, 2.45) is 0 Å². The third-order valence-electron chi connectivity index (χ3n) is 4.52. The molecule has 2 fully saturated rings. The largest absolute Gasteiger partial charge is 0.456 e. The Morgan fingerprint density at radius 1 is 1.30 bits per heavy atom. The van der Waals surface area contributed by atoms with Gasteiger partial charge in [-0.15, -0.1) is 0 Å². The van der Waals surface area contributed by atoms with Gasteiger partial charge in [0, 0.05) is 44.4 Å². The van der Waals surface area contributed by atoms with Crippen molar-refractivity contribution in [1.29, 1.82) is 0 Å². The average Bonchev–Trinajstić information content (AvgIpc) is 3.01. The summed E-state index contributed by atoms with van der Waals surface area (Å²) in [6, 6.07) is 2.75. The Morgan fingerprint density at radius 3 is 2.74 bits per heavy atom. The molecule has 0 aliphatic carbocycles. The zero-order valence-electron chi connectivity index (χ0n) is 13.5. The van der Waals surface area contributed by atoms with Gasteiger partial charge in [0.2, 0.25) is 0 Å². The second-order valence-corrected chi connectivity index (χ2v) is 6.45. The van der Waals surface area contributed by atoms with Gasteiger partial charge in [0.1, 0.15) is 5.76 Å². The second kappa shape index (κ2) is 7.27. The van der Waals surface area contributed by atoms with E-state index >= 15 is 0 Å². The molecule has 0 aromatic carbocycles. The van der Waals surface area contributed by atoms with E-state index in [-0.39, 0.29) is 23.1 Å². The molecule has 3 heterocycles. The monoisotopic (exact) mass is 320 g/mol. The van der Waals surface area contributed by atoms with Crippen molar-refractivity contribution in [3.8, 4) is 0 Å². The number of likely N-dealkylation sites (tertiary alicyclic amines) is 1. The number of nitrogens with one attached hydrogen (secondary N) is 1. The predicted octanol–water partition coefficient (Wildman–Crippen LogP) is 1.32. The van der Waals surface area contributed by atoms with E-state index in [2.05, 4.69) is 10.2 Å². The van der Waals surface area contributed by atoms with Crippen molar-refractivity contribution in [1.82, 2.24) is 10.2 Å². The first-order valence-corrected chi connectivity index (χ1v) is 8.37. The minimum Gasteiger partial charge on any atom is -0.456 e. The fourth-order valence-corrected chi connectivity index (χ4v) is 3.31. The van der Waals surface area contributed by atoms with E-state index in [1.54, 1.807) is 6.92 Å². The van der Waals surface area contributed by atoms with E-state index in [9.17, 15) is 9.59 Å². The van der Waals surface area contributed by atoms with Crippen LogP contribution in [0.3, 0.4) is 0 Å². The summed E-state index contributed by atoms with van der Waals surface area (Å²) in [7, 11) is 0. The minimum absolute atomic E-state index is 0.0942. The molecule has 0 saturated carbocycles. The van der Waals surface area contributed by atoms with E-state index in [4.69, 9.17) is 9.15 Å². The second-order valence-electron chi connectivity index (χ2n) is 6.45. The lowest BCUT2D eigenvalue weighted by Gasteiger charge is -2.33. The molecule has 6 nitrogen and oxygen atoms in total. The van der Waals surface area contributed by atoms with Crippen LogP contribution in [-0.4, -0.2) is 49.2 Å². The molecule has 0 radical (unpaired) electrons. The smallest absolute Gasteiger partial charge is 0.287 e. The number of ether oxygens (including phenoxy) is 1. The molecule has 23 heavy (non-hydrogen) atoms. The number of rotatable bonds is 4. The summed E-state index contributed by atoms with van der Waals surface area (Å²) in [6.45, 7) is 5.47. The Labute approximate surface area is 135 Å². The number of amides is 1. The number of nitrogens with zero attached hydrogens (tertiary/aromatic N) is 1. The van der Waals surface area contributed by atoms with Gasteiger partial charge < -0.3 is 19.4 Å². The SMILES string of the molecule is Cc1cc(=O)cc(C(=O)NC2CCN(C[C@@H]3CCCO3)CC2)o1. The van der Waals surface area contributed by atoms with Crippen molar-refractivity contribution >= 4 is 5.91 Å². The normalized spacial score (nSPS) is 23.1. The van der Waals surface area contributed by atoms with Gasteiger partial charge in [0.15, 0.2) is 11.2 Å². The zero-order chi connectivity index (χ0) is 16.2. The van der Waals surface area contributed by atoms with Crippen LogP contribution in [0.15, 0.2) is 21.3 Å². The fraction of sp³-hybridized carbons (Fsp3) is 0.647. The molecule has 1 atom stereocenters. The van der Waals surface area contributed by atoms with E-state index in [1.807, 2.05) is 0 Å². The first-order chi connectivity index (χ1) is 11.1. The van der Waals surface area contributed by atoms with Crippen LogP contribution in [0.25, 0.3) is 0 Å². The lowest BCUT2D eigenvalue weighted by Crippen LogP contribution is -2.46. The number of piperidine rings is 1. The van der Waals surface area contributed by atoms with Gasteiger partial charge in [-0.2, -0.15) is 0 Å². The molecular weight excluding hydrogens is 296 g/mol. The molecule has 1 N–H and O–H groups in total. The highest BCUT2D eigenvalue weighted by Crippen LogP contribution is 2.17. The van der Waals surface area contributed by atoms with Gasteiger partial charge in [-0.05, 0) is 32.6 Å². The van der Waals surface area contributed by atoms with Crippen molar-refractivity contribution in [3.63, 3.8) is 0 Å². The lowest BCUT2D eigenvalue weighted by molar-refractivity contribution is 0.0609. The molecule has 2 aliphatic rings. The van der Waals surface area contributed by atoms with Crippen LogP contribution in [0.5, 0.6) is 0 Å². The molecule has 126 valence electrons. The molecule has 3 rings (SSSR count). The molecule has 6 heteroatoms. The van der Waals surface area contributed by atoms with E-state index in [0.29, 0.717) is 11.9 Å². The summed E-state index contributed by atoms with van der Waals surface area (Å²) in [5, 5.41) is 2.97. The highest BCUT2D eigenvalue weighted by Gasteiger charge is 2.25. The zero-order valence-corrected chi connectivity index (χ0v) is 13.5. The number of hydrogen-bond donors (Lipinski definition) is 1. The van der Waals surface area contributed by atoms with Crippen molar-refractivity contribution in [2.45, 2.75) is 44.8 Å². The summed E-state index contributed by atoms with van der Waals surface area (Å²) in [4.78, 5) is 26.1. The number of aryl methyl sites for hydroxylation is 1. The maximum atomic E-state index is 12.2. The Hall–Kier alpha value is -1.66. The first kappa shape index (κ1) is 16.2. The maximum absolute atomic E-state index is 12.2. The Balaban J connectivity index is 1.48. The molecule has 1 amide bonds. The molecule has 0 unspecified atom stereocenters. The maximum Gasteiger partial charge on any atom is 0.287 e. The Kier molecular flexibility index (Phi) is 5.13. The van der Waals surface area contributed by atoms with Gasteiger partial charge in [-0.25, -0.2) is 0 Å². The summed E-state index contributed by atoms with van der Waals surface area (Å²) < 4.78 is 11.0. The van der Waals surface area contributed by atoms with Crippen LogP contribution in [-0.2, 0) is 4.74 Å². The molecule has 1 aromatic rings. The average molecular weight is 320 g/mol. The van der Waals surface area contributed by atoms with Gasteiger partial charge >= 0.3 is 0 Å². The highest BCUT2D eigenvalue weighted by molar-refractivity contribution is 5.91. The van der Waals surface area contributed by atoms with Crippen LogP contribution in [0, 0.1) is 6.92 Å². The van der Waals surface area contributed by atoms with Gasteiger partial charge in [-0.1, -0.05) is 0 Å². The minimum atomic E-state index is -0.302. The summed E-state index contributed by atoms with van der Waals surface area (Å²) in [6.07, 6.45) is 4.52. The Morgan fingerprint density at radius 2 is 2.09 bits per heavy atom. The van der Waals surface area contributed by atoms with Crippen LogP contribution < -0.4 is 10.7 Å². The van der Waals surface area contributed by atoms with E-state index in [1.165, 1.54) is 18.6 Å². The molecule has 2 aliphatic heterocycles. The van der Waals surface area contributed by atoms with Crippen LogP contribution in [0.2, 0.25) is 0 Å². The van der Waals surface area contributed by atoms with Gasteiger partial charge in [0.05, 0.1) is 6.10 Å².